The summed E-state index contributed by atoms with van der Waals surface area (Å²) in [5, 5.41) is 10.0. The zero-order valence-corrected chi connectivity index (χ0v) is 14.4. The fourth-order valence-electron chi connectivity index (χ4n) is 3.65. The van der Waals surface area contributed by atoms with Gasteiger partial charge in [0.15, 0.2) is 0 Å². The summed E-state index contributed by atoms with van der Waals surface area (Å²) in [6.45, 7) is 4.83. The fourth-order valence-corrected chi connectivity index (χ4v) is 3.65. The van der Waals surface area contributed by atoms with E-state index >= 15 is 0 Å². The molecule has 1 aromatic carbocycles. The Hall–Kier alpha value is -1.43. The number of benzene rings is 1. The zero-order chi connectivity index (χ0) is 17.0. The van der Waals surface area contributed by atoms with Crippen molar-refractivity contribution >= 4 is 5.91 Å². The Bertz CT molecular complexity index is 570. The fraction of sp³-hybridized carbons (Fsp3) is 0.632. The number of hydrogen-bond donors (Lipinski definition) is 1. The van der Waals surface area contributed by atoms with Crippen molar-refractivity contribution < 1.29 is 19.4 Å². The number of nitrogens with zero attached hydrogens (tertiary/aromatic N) is 1. The summed E-state index contributed by atoms with van der Waals surface area (Å²) >= 11 is 0. The van der Waals surface area contributed by atoms with E-state index in [0.717, 1.165) is 18.4 Å². The SMILES string of the molecule is Cc1ccccc1C[C@]1(CO)CN(C(=O)C2CCOCC2)CCO1. The van der Waals surface area contributed by atoms with Crippen LogP contribution in [0.3, 0.4) is 0 Å². The molecule has 1 N–H and O–H groups in total. The largest absolute Gasteiger partial charge is 0.393 e. The number of aliphatic hydroxyl groups is 1. The van der Waals surface area contributed by atoms with Gasteiger partial charge in [0.2, 0.25) is 5.91 Å². The van der Waals surface area contributed by atoms with E-state index in [1.165, 1.54) is 5.56 Å². The van der Waals surface area contributed by atoms with Crippen LogP contribution in [0.5, 0.6) is 0 Å². The molecule has 2 aliphatic heterocycles. The number of hydrogen-bond acceptors (Lipinski definition) is 4. The molecule has 5 nitrogen and oxygen atoms in total. The maximum absolute atomic E-state index is 12.8. The molecular weight excluding hydrogens is 306 g/mol. The molecule has 0 unspecified atom stereocenters. The minimum absolute atomic E-state index is 0.0479. The second kappa shape index (κ2) is 7.64. The van der Waals surface area contributed by atoms with Crippen molar-refractivity contribution in [1.29, 1.82) is 0 Å². The molecule has 0 spiro atoms. The van der Waals surface area contributed by atoms with Crippen molar-refractivity contribution in [3.63, 3.8) is 0 Å². The molecule has 1 atom stereocenters. The second-order valence-electron chi connectivity index (χ2n) is 6.94. The number of carbonyl (C=O) groups excluding carboxylic acids is 1. The molecule has 0 bridgehead atoms. The average Bonchev–Trinajstić information content (AvgIpc) is 2.64. The van der Waals surface area contributed by atoms with Crippen LogP contribution in [-0.4, -0.2) is 61.0 Å². The van der Waals surface area contributed by atoms with Gasteiger partial charge in [-0.1, -0.05) is 24.3 Å². The van der Waals surface area contributed by atoms with Gasteiger partial charge in [0.1, 0.15) is 5.60 Å². The van der Waals surface area contributed by atoms with Gasteiger partial charge in [-0.25, -0.2) is 0 Å². The van der Waals surface area contributed by atoms with Gasteiger partial charge in [0.05, 0.1) is 19.8 Å². The van der Waals surface area contributed by atoms with E-state index in [4.69, 9.17) is 9.47 Å². The Morgan fingerprint density at radius 3 is 2.75 bits per heavy atom. The third-order valence-corrected chi connectivity index (χ3v) is 5.19. The van der Waals surface area contributed by atoms with Crippen LogP contribution in [0.2, 0.25) is 0 Å². The number of rotatable bonds is 4. The Morgan fingerprint density at radius 2 is 2.04 bits per heavy atom. The number of morpholine rings is 1. The number of aliphatic hydroxyl groups excluding tert-OH is 1. The van der Waals surface area contributed by atoms with E-state index in [9.17, 15) is 9.90 Å². The smallest absolute Gasteiger partial charge is 0.226 e. The summed E-state index contributed by atoms with van der Waals surface area (Å²) in [7, 11) is 0. The van der Waals surface area contributed by atoms with Crippen LogP contribution in [0, 0.1) is 12.8 Å². The lowest BCUT2D eigenvalue weighted by Gasteiger charge is -2.43. The summed E-state index contributed by atoms with van der Waals surface area (Å²) in [4.78, 5) is 14.7. The molecule has 132 valence electrons. The molecule has 0 radical (unpaired) electrons. The molecule has 24 heavy (non-hydrogen) atoms. The number of ether oxygens (including phenoxy) is 2. The molecular formula is C19H27NO4. The van der Waals surface area contributed by atoms with Crippen molar-refractivity contribution in [2.24, 2.45) is 5.92 Å². The average molecular weight is 333 g/mol. The molecule has 2 heterocycles. The number of carbonyl (C=O) groups is 1. The predicted molar refractivity (Wildman–Crippen MR) is 90.8 cm³/mol. The minimum atomic E-state index is -0.703. The van der Waals surface area contributed by atoms with Gasteiger partial charge in [-0.05, 0) is 30.9 Å². The highest BCUT2D eigenvalue weighted by atomic mass is 16.5. The number of amides is 1. The van der Waals surface area contributed by atoms with Gasteiger partial charge >= 0.3 is 0 Å². The first kappa shape index (κ1) is 17.4. The molecule has 2 aliphatic rings. The maximum Gasteiger partial charge on any atom is 0.226 e. The Kier molecular flexibility index (Phi) is 5.54. The quantitative estimate of drug-likeness (QED) is 0.908. The third-order valence-electron chi connectivity index (χ3n) is 5.19. The van der Waals surface area contributed by atoms with Crippen molar-refractivity contribution in [3.8, 4) is 0 Å². The van der Waals surface area contributed by atoms with E-state index < -0.39 is 5.60 Å². The lowest BCUT2D eigenvalue weighted by atomic mass is 9.90. The highest BCUT2D eigenvalue weighted by Crippen LogP contribution is 2.27. The standard InChI is InChI=1S/C19H27NO4/c1-15-4-2-3-5-17(15)12-19(14-21)13-20(8-11-24-19)18(22)16-6-9-23-10-7-16/h2-5,16,21H,6-14H2,1H3/t19-/m1/s1. The van der Waals surface area contributed by atoms with Crippen LogP contribution in [-0.2, 0) is 20.7 Å². The van der Waals surface area contributed by atoms with Gasteiger partial charge in [0.25, 0.3) is 0 Å². The van der Waals surface area contributed by atoms with E-state index in [0.29, 0.717) is 39.3 Å². The minimum Gasteiger partial charge on any atom is -0.393 e. The molecule has 3 rings (SSSR count). The molecule has 1 aromatic rings. The maximum atomic E-state index is 12.8. The van der Waals surface area contributed by atoms with Crippen molar-refractivity contribution in [3.05, 3.63) is 35.4 Å². The molecule has 2 saturated heterocycles. The molecule has 5 heteroatoms. The van der Waals surface area contributed by atoms with E-state index in [-0.39, 0.29) is 18.4 Å². The molecule has 0 aliphatic carbocycles. The van der Waals surface area contributed by atoms with E-state index in [1.54, 1.807) is 0 Å². The van der Waals surface area contributed by atoms with E-state index in [2.05, 4.69) is 19.1 Å². The van der Waals surface area contributed by atoms with Crippen LogP contribution in [0.1, 0.15) is 24.0 Å². The molecule has 0 aromatic heterocycles. The Labute approximate surface area is 143 Å². The van der Waals surface area contributed by atoms with Crippen molar-refractivity contribution in [2.45, 2.75) is 31.8 Å². The van der Waals surface area contributed by atoms with Crippen molar-refractivity contribution in [1.82, 2.24) is 4.90 Å². The lowest BCUT2D eigenvalue weighted by molar-refractivity contribution is -0.163. The first-order chi connectivity index (χ1) is 11.6. The van der Waals surface area contributed by atoms with Crippen LogP contribution < -0.4 is 0 Å². The first-order valence-electron chi connectivity index (χ1n) is 8.79. The predicted octanol–water partition coefficient (Wildman–Crippen LogP) is 1.55. The highest BCUT2D eigenvalue weighted by Gasteiger charge is 2.40. The second-order valence-corrected chi connectivity index (χ2v) is 6.94. The number of aryl methyl sites for hydroxylation is 1. The molecule has 1 amide bonds. The van der Waals surface area contributed by atoms with Crippen LogP contribution >= 0.6 is 0 Å². The highest BCUT2D eigenvalue weighted by molar-refractivity contribution is 5.79. The summed E-state index contributed by atoms with van der Waals surface area (Å²) in [5.74, 6) is 0.232. The van der Waals surface area contributed by atoms with Gasteiger partial charge in [-0.2, -0.15) is 0 Å². The third kappa shape index (κ3) is 3.79. The van der Waals surface area contributed by atoms with Gasteiger partial charge in [-0.15, -0.1) is 0 Å². The normalized spacial score (nSPS) is 25.7. The molecule has 0 saturated carbocycles. The zero-order valence-electron chi connectivity index (χ0n) is 14.4. The van der Waals surface area contributed by atoms with Gasteiger partial charge in [-0.3, -0.25) is 4.79 Å². The Morgan fingerprint density at radius 1 is 1.29 bits per heavy atom. The van der Waals surface area contributed by atoms with Crippen LogP contribution in [0.25, 0.3) is 0 Å². The summed E-state index contributed by atoms with van der Waals surface area (Å²) in [6, 6.07) is 8.14. The lowest BCUT2D eigenvalue weighted by Crippen LogP contribution is -2.58. The van der Waals surface area contributed by atoms with Gasteiger partial charge < -0.3 is 19.5 Å². The topological polar surface area (TPSA) is 59.0 Å². The van der Waals surface area contributed by atoms with Crippen molar-refractivity contribution in [2.75, 3.05) is 39.5 Å². The first-order valence-corrected chi connectivity index (χ1v) is 8.79. The summed E-state index contributed by atoms with van der Waals surface area (Å²) in [5.41, 5.74) is 1.64. The van der Waals surface area contributed by atoms with Crippen LogP contribution in [0.4, 0.5) is 0 Å². The summed E-state index contributed by atoms with van der Waals surface area (Å²) in [6.07, 6.45) is 2.20. The van der Waals surface area contributed by atoms with E-state index in [1.807, 2.05) is 17.0 Å². The van der Waals surface area contributed by atoms with Crippen LogP contribution in [0.15, 0.2) is 24.3 Å². The summed E-state index contributed by atoms with van der Waals surface area (Å²) < 4.78 is 11.3. The Balaban J connectivity index is 1.71. The molecule has 2 fully saturated rings. The van der Waals surface area contributed by atoms with Gasteiger partial charge in [0, 0.05) is 32.1 Å². The monoisotopic (exact) mass is 333 g/mol.